The molecule has 2 aromatic rings. The molecule has 0 radical (unpaired) electrons. The summed E-state index contributed by atoms with van der Waals surface area (Å²) < 4.78 is 0. The zero-order valence-electron chi connectivity index (χ0n) is 12.7. The van der Waals surface area contributed by atoms with E-state index in [0.29, 0.717) is 17.9 Å². The number of aliphatic carboxylic acids is 1. The molecule has 1 fully saturated rings. The van der Waals surface area contributed by atoms with Gasteiger partial charge in [0, 0.05) is 36.6 Å². The zero-order valence-corrected chi connectivity index (χ0v) is 12.7. The average Bonchev–Trinajstić information content (AvgIpc) is 3.00. The van der Waals surface area contributed by atoms with Crippen molar-refractivity contribution in [3.05, 3.63) is 59.7 Å². The normalized spacial score (nSPS) is 20.5. The van der Waals surface area contributed by atoms with Crippen molar-refractivity contribution in [3.8, 4) is 0 Å². The van der Waals surface area contributed by atoms with E-state index in [1.54, 1.807) is 35.4 Å². The molecule has 118 valence electrons. The SMILES string of the molecule is Cc1cccc(C(=O)N2C[C@@H](C(=O)O)[C@H](c3ccccn3)C2)n1. The molecule has 6 heteroatoms. The van der Waals surface area contributed by atoms with Gasteiger partial charge in [0.25, 0.3) is 5.91 Å². The molecule has 1 aliphatic rings. The molecule has 0 bridgehead atoms. The average molecular weight is 311 g/mol. The Morgan fingerprint density at radius 2 is 2.00 bits per heavy atom. The van der Waals surface area contributed by atoms with Crippen LogP contribution in [0.15, 0.2) is 42.6 Å². The molecule has 1 saturated heterocycles. The monoisotopic (exact) mass is 311 g/mol. The molecule has 1 aliphatic heterocycles. The third kappa shape index (κ3) is 3.06. The zero-order chi connectivity index (χ0) is 16.4. The van der Waals surface area contributed by atoms with Crippen molar-refractivity contribution in [2.75, 3.05) is 13.1 Å². The van der Waals surface area contributed by atoms with Gasteiger partial charge in [0.05, 0.1) is 5.92 Å². The minimum Gasteiger partial charge on any atom is -0.481 e. The molecule has 1 amide bonds. The van der Waals surface area contributed by atoms with Crippen LogP contribution in [-0.4, -0.2) is 44.9 Å². The van der Waals surface area contributed by atoms with Gasteiger partial charge >= 0.3 is 5.97 Å². The summed E-state index contributed by atoms with van der Waals surface area (Å²) in [6.07, 6.45) is 1.64. The van der Waals surface area contributed by atoms with E-state index in [2.05, 4.69) is 9.97 Å². The van der Waals surface area contributed by atoms with Crippen molar-refractivity contribution in [2.24, 2.45) is 5.92 Å². The second-order valence-corrected chi connectivity index (χ2v) is 5.68. The summed E-state index contributed by atoms with van der Waals surface area (Å²) in [4.78, 5) is 34.2. The number of pyridine rings is 2. The van der Waals surface area contributed by atoms with Crippen LogP contribution in [0, 0.1) is 12.8 Å². The maximum absolute atomic E-state index is 12.6. The van der Waals surface area contributed by atoms with Crippen molar-refractivity contribution in [1.82, 2.24) is 14.9 Å². The van der Waals surface area contributed by atoms with Gasteiger partial charge in [0.15, 0.2) is 0 Å². The van der Waals surface area contributed by atoms with Crippen LogP contribution in [0.4, 0.5) is 0 Å². The highest BCUT2D eigenvalue weighted by Gasteiger charge is 2.41. The predicted molar refractivity (Wildman–Crippen MR) is 83.0 cm³/mol. The number of carboxylic acids is 1. The third-order valence-electron chi connectivity index (χ3n) is 4.10. The number of aryl methyl sites for hydroxylation is 1. The molecule has 0 aromatic carbocycles. The molecule has 0 unspecified atom stereocenters. The van der Waals surface area contributed by atoms with Crippen molar-refractivity contribution in [1.29, 1.82) is 0 Å². The fourth-order valence-electron chi connectivity index (χ4n) is 2.94. The van der Waals surface area contributed by atoms with Gasteiger partial charge in [0.2, 0.25) is 0 Å². The lowest BCUT2D eigenvalue weighted by atomic mass is 9.93. The highest BCUT2D eigenvalue weighted by atomic mass is 16.4. The maximum Gasteiger partial charge on any atom is 0.309 e. The number of carbonyl (C=O) groups is 2. The molecule has 0 aliphatic carbocycles. The Bertz CT molecular complexity index is 733. The van der Waals surface area contributed by atoms with E-state index in [1.165, 1.54) is 0 Å². The van der Waals surface area contributed by atoms with Gasteiger partial charge in [-0.15, -0.1) is 0 Å². The largest absolute Gasteiger partial charge is 0.481 e. The van der Waals surface area contributed by atoms with Crippen LogP contribution in [0.1, 0.15) is 27.8 Å². The molecule has 23 heavy (non-hydrogen) atoms. The summed E-state index contributed by atoms with van der Waals surface area (Å²) in [6, 6.07) is 10.7. The van der Waals surface area contributed by atoms with E-state index in [9.17, 15) is 14.7 Å². The van der Waals surface area contributed by atoms with E-state index < -0.39 is 11.9 Å². The number of aromatic nitrogens is 2. The van der Waals surface area contributed by atoms with Gasteiger partial charge in [-0.1, -0.05) is 12.1 Å². The molecule has 3 heterocycles. The van der Waals surface area contributed by atoms with Crippen molar-refractivity contribution in [2.45, 2.75) is 12.8 Å². The van der Waals surface area contributed by atoms with Gasteiger partial charge in [-0.25, -0.2) is 4.98 Å². The second-order valence-electron chi connectivity index (χ2n) is 5.68. The number of hydrogen-bond acceptors (Lipinski definition) is 4. The van der Waals surface area contributed by atoms with Gasteiger partial charge < -0.3 is 10.0 Å². The summed E-state index contributed by atoms with van der Waals surface area (Å²) in [5.41, 5.74) is 1.80. The van der Waals surface area contributed by atoms with Crippen LogP contribution in [0.2, 0.25) is 0 Å². The van der Waals surface area contributed by atoms with Gasteiger partial charge in [0.1, 0.15) is 5.69 Å². The predicted octanol–water partition coefficient (Wildman–Crippen LogP) is 1.73. The van der Waals surface area contributed by atoms with Crippen LogP contribution >= 0.6 is 0 Å². The Kier molecular flexibility index (Phi) is 4.06. The van der Waals surface area contributed by atoms with E-state index in [0.717, 1.165) is 5.69 Å². The van der Waals surface area contributed by atoms with E-state index in [4.69, 9.17) is 0 Å². The molecule has 6 nitrogen and oxygen atoms in total. The molecule has 1 N–H and O–H groups in total. The number of carboxylic acid groups (broad SMARTS) is 1. The Labute approximate surface area is 133 Å². The first-order valence-corrected chi connectivity index (χ1v) is 7.43. The molecule has 3 rings (SSSR count). The van der Waals surface area contributed by atoms with E-state index in [1.807, 2.05) is 19.1 Å². The van der Waals surface area contributed by atoms with Crippen LogP contribution in [0.5, 0.6) is 0 Å². The van der Waals surface area contributed by atoms with Crippen LogP contribution < -0.4 is 0 Å². The summed E-state index contributed by atoms with van der Waals surface area (Å²) in [7, 11) is 0. The van der Waals surface area contributed by atoms with E-state index in [-0.39, 0.29) is 18.4 Å². The van der Waals surface area contributed by atoms with E-state index >= 15 is 0 Å². The fourth-order valence-corrected chi connectivity index (χ4v) is 2.94. The Hall–Kier alpha value is -2.76. The van der Waals surface area contributed by atoms with Crippen LogP contribution in [0.25, 0.3) is 0 Å². The second kappa shape index (κ2) is 6.16. The Morgan fingerprint density at radius 1 is 1.17 bits per heavy atom. The first-order chi connectivity index (χ1) is 11.1. The quantitative estimate of drug-likeness (QED) is 0.933. The minimum absolute atomic E-state index is 0.172. The molecule has 0 saturated carbocycles. The first-order valence-electron chi connectivity index (χ1n) is 7.43. The number of carbonyl (C=O) groups excluding carboxylic acids is 1. The van der Waals surface area contributed by atoms with Crippen molar-refractivity contribution < 1.29 is 14.7 Å². The Morgan fingerprint density at radius 3 is 2.65 bits per heavy atom. The standard InChI is InChI=1S/C17H17N3O3/c1-11-5-4-7-15(19-11)16(21)20-9-12(13(10-20)17(22)23)14-6-2-3-8-18-14/h2-8,12-13H,9-10H2,1H3,(H,22,23)/t12-,13-/m1/s1. The lowest BCUT2D eigenvalue weighted by molar-refractivity contribution is -0.141. The summed E-state index contributed by atoms with van der Waals surface area (Å²) in [5, 5.41) is 9.48. The number of rotatable bonds is 3. The molecular weight excluding hydrogens is 294 g/mol. The first kappa shape index (κ1) is 15.1. The highest BCUT2D eigenvalue weighted by molar-refractivity contribution is 5.93. The molecule has 2 aromatic heterocycles. The van der Waals surface area contributed by atoms with Crippen LogP contribution in [0.3, 0.4) is 0 Å². The molecule has 0 spiro atoms. The molecule has 2 atom stereocenters. The van der Waals surface area contributed by atoms with Gasteiger partial charge in [-0.3, -0.25) is 14.6 Å². The lowest BCUT2D eigenvalue weighted by Gasteiger charge is -2.15. The number of hydrogen-bond donors (Lipinski definition) is 1. The molecular formula is C17H17N3O3. The summed E-state index contributed by atoms with van der Waals surface area (Å²) in [6.45, 7) is 2.32. The highest BCUT2D eigenvalue weighted by Crippen LogP contribution is 2.32. The number of nitrogens with zero attached hydrogens (tertiary/aromatic N) is 3. The maximum atomic E-state index is 12.6. The lowest BCUT2D eigenvalue weighted by Crippen LogP contribution is -2.30. The van der Waals surface area contributed by atoms with Gasteiger partial charge in [-0.05, 0) is 31.2 Å². The van der Waals surface area contributed by atoms with Crippen molar-refractivity contribution in [3.63, 3.8) is 0 Å². The summed E-state index contributed by atoms with van der Waals surface area (Å²) in [5.74, 6) is -2.10. The Balaban J connectivity index is 1.86. The van der Waals surface area contributed by atoms with Crippen LogP contribution in [-0.2, 0) is 4.79 Å². The third-order valence-corrected chi connectivity index (χ3v) is 4.10. The van der Waals surface area contributed by atoms with Crippen molar-refractivity contribution >= 4 is 11.9 Å². The fraction of sp³-hybridized carbons (Fsp3) is 0.294. The summed E-state index contributed by atoms with van der Waals surface area (Å²) >= 11 is 0. The number of amides is 1. The number of likely N-dealkylation sites (tertiary alicyclic amines) is 1. The minimum atomic E-state index is -0.909. The topological polar surface area (TPSA) is 83.4 Å². The smallest absolute Gasteiger partial charge is 0.309 e. The van der Waals surface area contributed by atoms with Gasteiger partial charge in [-0.2, -0.15) is 0 Å².